The fraction of sp³-hybridized carbons (Fsp3) is 0.556. The van der Waals surface area contributed by atoms with E-state index >= 15 is 0 Å². The van der Waals surface area contributed by atoms with E-state index < -0.39 is 11.7 Å². The lowest BCUT2D eigenvalue weighted by atomic mass is 9.91. The summed E-state index contributed by atoms with van der Waals surface area (Å²) in [4.78, 5) is 0. The lowest BCUT2D eigenvalue weighted by Crippen LogP contribution is -2.15. The molecule has 0 heterocycles. The molecule has 1 aliphatic carbocycles. The molecule has 0 saturated carbocycles. The fourth-order valence-corrected chi connectivity index (χ4v) is 1.40. The van der Waals surface area contributed by atoms with Crippen molar-refractivity contribution in [2.24, 2.45) is 5.92 Å². The van der Waals surface area contributed by atoms with Crippen molar-refractivity contribution in [3.05, 3.63) is 23.3 Å². The smallest absolute Gasteiger partial charge is 0.166 e. The third-order valence-electron chi connectivity index (χ3n) is 1.98. The molecular formula is C9H11F3. The van der Waals surface area contributed by atoms with Gasteiger partial charge in [0.25, 0.3) is 0 Å². The second-order valence-electron chi connectivity index (χ2n) is 3.23. The Bertz CT molecular complexity index is 233. The highest BCUT2D eigenvalue weighted by Gasteiger charge is 2.34. The molecule has 3 heteroatoms. The van der Waals surface area contributed by atoms with Crippen molar-refractivity contribution in [3.63, 3.8) is 0 Å². The number of alkyl halides is 3. The van der Waals surface area contributed by atoms with E-state index in [2.05, 4.69) is 0 Å². The molecular weight excluding hydrogens is 165 g/mol. The lowest BCUT2D eigenvalue weighted by molar-refractivity contribution is -0.0894. The van der Waals surface area contributed by atoms with Gasteiger partial charge in [-0.2, -0.15) is 13.2 Å². The van der Waals surface area contributed by atoms with Gasteiger partial charge in [0.15, 0.2) is 0 Å². The standard InChI is InChI=1S/C9H11F3/c1-6-3-4-8(7(2)5-6)9(10,11)12/h3-4,6H,5H2,1-2H3. The summed E-state index contributed by atoms with van der Waals surface area (Å²) < 4.78 is 36.6. The normalized spacial score (nSPS) is 24.9. The summed E-state index contributed by atoms with van der Waals surface area (Å²) in [5.41, 5.74) is -0.0295. The molecule has 12 heavy (non-hydrogen) atoms. The summed E-state index contributed by atoms with van der Waals surface area (Å²) in [5, 5.41) is 0. The summed E-state index contributed by atoms with van der Waals surface area (Å²) in [5.74, 6) is 0.232. The molecule has 0 fully saturated rings. The van der Waals surface area contributed by atoms with Crippen LogP contribution in [-0.4, -0.2) is 6.18 Å². The zero-order valence-corrected chi connectivity index (χ0v) is 7.07. The highest BCUT2D eigenvalue weighted by molar-refractivity contribution is 5.33. The zero-order valence-electron chi connectivity index (χ0n) is 7.07. The minimum absolute atomic E-state index is 0.232. The van der Waals surface area contributed by atoms with Gasteiger partial charge in [-0.15, -0.1) is 0 Å². The van der Waals surface area contributed by atoms with Gasteiger partial charge in [0.1, 0.15) is 0 Å². The van der Waals surface area contributed by atoms with Crippen LogP contribution in [0.2, 0.25) is 0 Å². The van der Waals surface area contributed by atoms with Gasteiger partial charge < -0.3 is 0 Å². The SMILES string of the molecule is CC1=C(C(F)(F)F)C=CC(C)C1. The number of rotatable bonds is 0. The van der Waals surface area contributed by atoms with Gasteiger partial charge in [0, 0.05) is 0 Å². The van der Waals surface area contributed by atoms with Crippen molar-refractivity contribution < 1.29 is 13.2 Å². The maximum Gasteiger partial charge on any atom is 0.416 e. The van der Waals surface area contributed by atoms with Crippen LogP contribution in [0.15, 0.2) is 23.3 Å². The molecule has 0 aromatic heterocycles. The number of hydrogen-bond acceptors (Lipinski definition) is 0. The van der Waals surface area contributed by atoms with E-state index in [0.717, 1.165) is 0 Å². The van der Waals surface area contributed by atoms with E-state index in [-0.39, 0.29) is 5.92 Å². The third-order valence-corrected chi connectivity index (χ3v) is 1.98. The number of hydrogen-bond donors (Lipinski definition) is 0. The molecule has 0 bridgehead atoms. The van der Waals surface area contributed by atoms with Crippen molar-refractivity contribution in [3.8, 4) is 0 Å². The Balaban J connectivity index is 2.92. The highest BCUT2D eigenvalue weighted by atomic mass is 19.4. The molecule has 68 valence electrons. The first kappa shape index (κ1) is 9.36. The monoisotopic (exact) mass is 176 g/mol. The van der Waals surface area contributed by atoms with Gasteiger partial charge in [-0.1, -0.05) is 24.6 Å². The molecule has 1 atom stereocenters. The van der Waals surface area contributed by atoms with Gasteiger partial charge in [0.05, 0.1) is 5.57 Å². The Labute approximate surface area is 69.8 Å². The minimum atomic E-state index is -4.18. The van der Waals surface area contributed by atoms with E-state index in [0.29, 0.717) is 12.0 Å². The molecule has 1 unspecified atom stereocenters. The van der Waals surface area contributed by atoms with Crippen LogP contribution in [0.4, 0.5) is 13.2 Å². The van der Waals surface area contributed by atoms with Crippen molar-refractivity contribution in [1.29, 1.82) is 0 Å². The Hall–Kier alpha value is -0.730. The first-order chi connectivity index (χ1) is 5.41. The molecule has 0 radical (unpaired) electrons. The van der Waals surface area contributed by atoms with E-state index in [1.165, 1.54) is 6.08 Å². The largest absolute Gasteiger partial charge is 0.416 e. The summed E-state index contributed by atoms with van der Waals surface area (Å²) >= 11 is 0. The van der Waals surface area contributed by atoms with Gasteiger partial charge in [-0.25, -0.2) is 0 Å². The highest BCUT2D eigenvalue weighted by Crippen LogP contribution is 2.34. The predicted molar refractivity (Wildman–Crippen MR) is 41.7 cm³/mol. The molecule has 1 aliphatic rings. The number of halogens is 3. The maximum absolute atomic E-state index is 12.2. The van der Waals surface area contributed by atoms with Crippen LogP contribution in [-0.2, 0) is 0 Å². The van der Waals surface area contributed by atoms with Crippen molar-refractivity contribution in [1.82, 2.24) is 0 Å². The second-order valence-corrected chi connectivity index (χ2v) is 3.23. The van der Waals surface area contributed by atoms with E-state index in [1.807, 2.05) is 6.92 Å². The molecule has 0 nitrogen and oxygen atoms in total. The molecule has 0 saturated heterocycles. The lowest BCUT2D eigenvalue weighted by Gasteiger charge is -2.18. The van der Waals surface area contributed by atoms with Crippen LogP contribution in [0, 0.1) is 5.92 Å². The molecule has 0 aromatic rings. The van der Waals surface area contributed by atoms with E-state index in [1.54, 1.807) is 13.0 Å². The topological polar surface area (TPSA) is 0 Å². The Morgan fingerprint density at radius 2 is 2.00 bits per heavy atom. The molecule has 1 rings (SSSR count). The Morgan fingerprint density at radius 3 is 2.42 bits per heavy atom. The summed E-state index contributed by atoms with van der Waals surface area (Å²) in [6.45, 7) is 3.45. The third kappa shape index (κ3) is 1.90. The fourth-order valence-electron chi connectivity index (χ4n) is 1.40. The quantitative estimate of drug-likeness (QED) is 0.530. The van der Waals surface area contributed by atoms with Gasteiger partial charge in [0.2, 0.25) is 0 Å². The van der Waals surface area contributed by atoms with E-state index in [9.17, 15) is 13.2 Å². The van der Waals surface area contributed by atoms with Gasteiger partial charge >= 0.3 is 6.18 Å². The zero-order chi connectivity index (χ0) is 9.35. The Kier molecular flexibility index (Phi) is 2.31. The number of allylic oxidation sites excluding steroid dienone is 4. The van der Waals surface area contributed by atoms with Gasteiger partial charge in [-0.05, 0) is 19.3 Å². The maximum atomic E-state index is 12.2. The van der Waals surface area contributed by atoms with Crippen molar-refractivity contribution in [2.75, 3.05) is 0 Å². The molecule has 0 aromatic carbocycles. The average molecular weight is 176 g/mol. The van der Waals surface area contributed by atoms with Crippen LogP contribution in [0.25, 0.3) is 0 Å². The summed E-state index contributed by atoms with van der Waals surface area (Å²) in [7, 11) is 0. The summed E-state index contributed by atoms with van der Waals surface area (Å²) in [6, 6.07) is 0. The van der Waals surface area contributed by atoms with Crippen molar-refractivity contribution >= 4 is 0 Å². The van der Waals surface area contributed by atoms with Crippen LogP contribution in [0.1, 0.15) is 20.3 Å². The molecule has 0 amide bonds. The van der Waals surface area contributed by atoms with Crippen LogP contribution < -0.4 is 0 Å². The van der Waals surface area contributed by atoms with E-state index in [4.69, 9.17) is 0 Å². The van der Waals surface area contributed by atoms with Crippen molar-refractivity contribution in [2.45, 2.75) is 26.4 Å². The van der Waals surface area contributed by atoms with Crippen LogP contribution >= 0.6 is 0 Å². The predicted octanol–water partition coefficient (Wildman–Crippen LogP) is 3.46. The Morgan fingerprint density at radius 1 is 1.42 bits per heavy atom. The van der Waals surface area contributed by atoms with Crippen LogP contribution in [0.5, 0.6) is 0 Å². The first-order valence-corrected chi connectivity index (χ1v) is 3.86. The van der Waals surface area contributed by atoms with Gasteiger partial charge in [-0.3, -0.25) is 0 Å². The molecule has 0 aliphatic heterocycles. The molecule has 0 spiro atoms. The minimum Gasteiger partial charge on any atom is -0.166 e. The molecule has 0 N–H and O–H groups in total. The first-order valence-electron chi connectivity index (χ1n) is 3.86. The second kappa shape index (κ2) is 2.96. The average Bonchev–Trinajstić information content (AvgIpc) is 1.83. The van der Waals surface area contributed by atoms with Crippen LogP contribution in [0.3, 0.4) is 0 Å². The summed E-state index contributed by atoms with van der Waals surface area (Å²) in [6.07, 6.45) is -0.870.